The molecule has 0 amide bonds. The molecule has 3 nitrogen and oxygen atoms in total. The van der Waals surface area contributed by atoms with Gasteiger partial charge in [-0.3, -0.25) is 4.90 Å². The first-order valence-electron chi connectivity index (χ1n) is 6.67. The van der Waals surface area contributed by atoms with Gasteiger partial charge in [0.25, 0.3) is 0 Å². The lowest BCUT2D eigenvalue weighted by Gasteiger charge is -2.30. The summed E-state index contributed by atoms with van der Waals surface area (Å²) in [6, 6.07) is 0. The predicted octanol–water partition coefficient (Wildman–Crippen LogP) is 3.11. The van der Waals surface area contributed by atoms with Crippen molar-refractivity contribution >= 4 is 36.2 Å². The fraction of sp³-hybridized carbons (Fsp3) is 0.769. The average Bonchev–Trinajstić information content (AvgIpc) is 2.78. The summed E-state index contributed by atoms with van der Waals surface area (Å²) >= 11 is 1.81. The highest BCUT2D eigenvalue weighted by atomic mass is 35.5. The fourth-order valence-electron chi connectivity index (χ4n) is 2.36. The molecule has 0 atom stereocenters. The molecule has 0 spiro atoms. The maximum absolute atomic E-state index is 5.71. The van der Waals surface area contributed by atoms with Gasteiger partial charge in [0.2, 0.25) is 0 Å². The third kappa shape index (κ3) is 5.96. The summed E-state index contributed by atoms with van der Waals surface area (Å²) in [4.78, 5) is 7.20. The van der Waals surface area contributed by atoms with E-state index in [2.05, 4.69) is 22.2 Å². The molecule has 1 aliphatic heterocycles. The first-order valence-corrected chi connectivity index (χ1v) is 7.55. The maximum Gasteiger partial charge on any atom is 0.0928 e. The zero-order chi connectivity index (χ0) is 12.1. The van der Waals surface area contributed by atoms with E-state index in [4.69, 9.17) is 5.73 Å². The van der Waals surface area contributed by atoms with E-state index in [-0.39, 0.29) is 24.8 Å². The Labute approximate surface area is 132 Å². The first-order chi connectivity index (χ1) is 8.31. The van der Waals surface area contributed by atoms with Crippen LogP contribution >= 0.6 is 36.2 Å². The Morgan fingerprint density at radius 1 is 1.37 bits per heavy atom. The highest BCUT2D eigenvalue weighted by Gasteiger charge is 2.18. The largest absolute Gasteiger partial charge is 0.330 e. The summed E-state index contributed by atoms with van der Waals surface area (Å²) in [7, 11) is 0. The number of nitrogens with two attached hydrogens (primary N) is 1. The molecule has 2 N–H and O–H groups in total. The zero-order valence-corrected chi connectivity index (χ0v) is 14.0. The highest BCUT2D eigenvalue weighted by molar-refractivity contribution is 7.09. The molecule has 6 heteroatoms. The Bertz CT molecular complexity index is 338. The monoisotopic (exact) mass is 325 g/mol. The Morgan fingerprint density at radius 3 is 2.63 bits per heavy atom. The number of aromatic nitrogens is 1. The minimum atomic E-state index is 0. The number of rotatable bonds is 5. The normalized spacial score (nSPS) is 16.7. The second kappa shape index (κ2) is 9.94. The number of thiazole rings is 1. The van der Waals surface area contributed by atoms with E-state index in [0.717, 1.165) is 25.4 Å². The molecule has 0 aromatic carbocycles. The van der Waals surface area contributed by atoms with Crippen LogP contribution in [0.5, 0.6) is 0 Å². The van der Waals surface area contributed by atoms with Gasteiger partial charge >= 0.3 is 0 Å². The second-order valence-corrected chi connectivity index (χ2v) is 5.88. The molecule has 19 heavy (non-hydrogen) atoms. The molecule has 0 aliphatic carbocycles. The van der Waals surface area contributed by atoms with E-state index in [1.54, 1.807) is 0 Å². The molecule has 1 aromatic heterocycles. The first kappa shape index (κ1) is 19.1. The predicted molar refractivity (Wildman–Crippen MR) is 87.7 cm³/mol. The standard InChI is InChI=1S/C13H23N3S.2ClH/c1-2-3-13-15-12(10-17-13)9-16-6-4-11(8-14)5-7-16;;/h10-11H,2-9,14H2,1H3;2*1H. The van der Waals surface area contributed by atoms with Gasteiger partial charge in [0.1, 0.15) is 0 Å². The third-order valence-corrected chi connectivity index (χ3v) is 4.45. The number of hydrogen-bond donors (Lipinski definition) is 1. The minimum absolute atomic E-state index is 0. The van der Waals surface area contributed by atoms with Crippen molar-refractivity contribution in [1.82, 2.24) is 9.88 Å². The van der Waals surface area contributed by atoms with Crippen molar-refractivity contribution in [3.05, 3.63) is 16.1 Å². The summed E-state index contributed by atoms with van der Waals surface area (Å²) in [5.41, 5.74) is 6.96. The average molecular weight is 326 g/mol. The quantitative estimate of drug-likeness (QED) is 0.904. The number of halogens is 2. The van der Waals surface area contributed by atoms with Crippen LogP contribution in [0.3, 0.4) is 0 Å². The van der Waals surface area contributed by atoms with Crippen molar-refractivity contribution in [2.45, 2.75) is 39.2 Å². The van der Waals surface area contributed by atoms with Gasteiger partial charge in [-0.1, -0.05) is 6.92 Å². The van der Waals surface area contributed by atoms with Crippen LogP contribution in [-0.2, 0) is 13.0 Å². The molecule has 0 saturated carbocycles. The molecular formula is C13H25Cl2N3S. The Balaban J connectivity index is 0.00000162. The zero-order valence-electron chi connectivity index (χ0n) is 11.5. The Hall–Kier alpha value is 0.130. The number of hydrogen-bond acceptors (Lipinski definition) is 4. The van der Waals surface area contributed by atoms with Crippen LogP contribution in [0.2, 0.25) is 0 Å². The van der Waals surface area contributed by atoms with Crippen molar-refractivity contribution in [1.29, 1.82) is 0 Å². The topological polar surface area (TPSA) is 42.2 Å². The SMILES string of the molecule is CCCc1nc(CN2CCC(CN)CC2)cs1.Cl.Cl. The third-order valence-electron chi connectivity index (χ3n) is 3.49. The summed E-state index contributed by atoms with van der Waals surface area (Å²) in [6.07, 6.45) is 4.82. The van der Waals surface area contributed by atoms with E-state index >= 15 is 0 Å². The lowest BCUT2D eigenvalue weighted by molar-refractivity contribution is 0.179. The Kier molecular flexibility index (Phi) is 10.0. The van der Waals surface area contributed by atoms with Crippen molar-refractivity contribution in [2.24, 2.45) is 11.7 Å². The summed E-state index contributed by atoms with van der Waals surface area (Å²) < 4.78 is 0. The van der Waals surface area contributed by atoms with E-state index < -0.39 is 0 Å². The summed E-state index contributed by atoms with van der Waals surface area (Å²) in [5, 5.41) is 3.51. The number of nitrogens with zero attached hydrogens (tertiary/aromatic N) is 2. The highest BCUT2D eigenvalue weighted by Crippen LogP contribution is 2.19. The van der Waals surface area contributed by atoms with Crippen LogP contribution < -0.4 is 5.73 Å². The van der Waals surface area contributed by atoms with Gasteiger partial charge in [-0.15, -0.1) is 36.2 Å². The summed E-state index contributed by atoms with van der Waals surface area (Å²) in [5.74, 6) is 0.748. The van der Waals surface area contributed by atoms with E-state index in [1.165, 1.54) is 43.1 Å². The molecule has 1 saturated heterocycles. The number of piperidine rings is 1. The van der Waals surface area contributed by atoms with Crippen LogP contribution in [0.15, 0.2) is 5.38 Å². The molecule has 0 unspecified atom stereocenters. The smallest absolute Gasteiger partial charge is 0.0928 e. The van der Waals surface area contributed by atoms with E-state index in [0.29, 0.717) is 0 Å². The molecule has 112 valence electrons. The molecule has 1 aromatic rings. The fourth-order valence-corrected chi connectivity index (χ4v) is 3.25. The maximum atomic E-state index is 5.71. The van der Waals surface area contributed by atoms with Crippen LogP contribution in [0, 0.1) is 5.92 Å². The lowest BCUT2D eigenvalue weighted by Crippen LogP contribution is -2.35. The van der Waals surface area contributed by atoms with Gasteiger partial charge in [0.05, 0.1) is 10.7 Å². The van der Waals surface area contributed by atoms with Gasteiger partial charge in [-0.05, 0) is 51.2 Å². The molecule has 0 radical (unpaired) electrons. The van der Waals surface area contributed by atoms with Crippen molar-refractivity contribution in [3.63, 3.8) is 0 Å². The van der Waals surface area contributed by atoms with Crippen LogP contribution in [0.4, 0.5) is 0 Å². The van der Waals surface area contributed by atoms with E-state index in [1.807, 2.05) is 11.3 Å². The number of likely N-dealkylation sites (tertiary alicyclic amines) is 1. The van der Waals surface area contributed by atoms with Crippen molar-refractivity contribution < 1.29 is 0 Å². The second-order valence-electron chi connectivity index (χ2n) is 4.94. The Morgan fingerprint density at radius 2 is 2.05 bits per heavy atom. The minimum Gasteiger partial charge on any atom is -0.330 e. The molecule has 1 fully saturated rings. The van der Waals surface area contributed by atoms with Gasteiger partial charge in [-0.2, -0.15) is 0 Å². The number of aryl methyl sites for hydroxylation is 1. The van der Waals surface area contributed by atoms with Crippen LogP contribution in [0.25, 0.3) is 0 Å². The van der Waals surface area contributed by atoms with Gasteiger partial charge < -0.3 is 5.73 Å². The van der Waals surface area contributed by atoms with Crippen LogP contribution in [0.1, 0.15) is 36.9 Å². The molecule has 2 heterocycles. The van der Waals surface area contributed by atoms with Gasteiger partial charge in [0, 0.05) is 11.9 Å². The van der Waals surface area contributed by atoms with Crippen molar-refractivity contribution in [2.75, 3.05) is 19.6 Å². The summed E-state index contributed by atoms with van der Waals surface area (Å²) in [6.45, 7) is 6.45. The van der Waals surface area contributed by atoms with Crippen LogP contribution in [-0.4, -0.2) is 29.5 Å². The molecule has 1 aliphatic rings. The van der Waals surface area contributed by atoms with E-state index in [9.17, 15) is 0 Å². The molecular weight excluding hydrogens is 301 g/mol. The lowest BCUT2D eigenvalue weighted by atomic mass is 9.97. The van der Waals surface area contributed by atoms with Gasteiger partial charge in [-0.25, -0.2) is 4.98 Å². The van der Waals surface area contributed by atoms with Gasteiger partial charge in [0.15, 0.2) is 0 Å². The molecule has 0 bridgehead atoms. The van der Waals surface area contributed by atoms with Crippen molar-refractivity contribution in [3.8, 4) is 0 Å². The molecule has 2 rings (SSSR count).